The molecular weight excluding hydrogens is 206 g/mol. The lowest BCUT2D eigenvalue weighted by molar-refractivity contribution is 0.299. The molecule has 0 atom stereocenters. The third kappa shape index (κ3) is 2.46. The fraction of sp³-hybridized carbons (Fsp3) is 0.500. The lowest BCUT2D eigenvalue weighted by Crippen LogP contribution is -2.27. The summed E-state index contributed by atoms with van der Waals surface area (Å²) in [6.45, 7) is 5.54. The standard InChI is InChI=1S/C10H15N5O/c1-8(2)11-4-6-16-10-9-14-13-7-15(9)5-3-12-10/h3,5,7-8,11H,4,6H2,1-2H3. The van der Waals surface area contributed by atoms with Crippen LogP contribution >= 0.6 is 0 Å². The van der Waals surface area contributed by atoms with E-state index in [-0.39, 0.29) is 0 Å². The van der Waals surface area contributed by atoms with E-state index in [1.165, 1.54) is 0 Å². The van der Waals surface area contributed by atoms with Crippen molar-refractivity contribution in [1.29, 1.82) is 0 Å². The molecule has 1 N–H and O–H groups in total. The summed E-state index contributed by atoms with van der Waals surface area (Å²) < 4.78 is 7.31. The van der Waals surface area contributed by atoms with E-state index in [0.717, 1.165) is 6.54 Å². The van der Waals surface area contributed by atoms with Gasteiger partial charge in [-0.15, -0.1) is 10.2 Å². The highest BCUT2D eigenvalue weighted by Crippen LogP contribution is 2.11. The first kappa shape index (κ1) is 10.8. The summed E-state index contributed by atoms with van der Waals surface area (Å²) in [6.07, 6.45) is 5.08. The second-order valence-corrected chi connectivity index (χ2v) is 3.75. The molecule has 0 fully saturated rings. The highest BCUT2D eigenvalue weighted by atomic mass is 16.5. The molecule has 2 rings (SSSR count). The van der Waals surface area contributed by atoms with Gasteiger partial charge in [-0.05, 0) is 0 Å². The average molecular weight is 221 g/mol. The molecule has 6 nitrogen and oxygen atoms in total. The maximum absolute atomic E-state index is 5.53. The zero-order valence-electron chi connectivity index (χ0n) is 9.42. The summed E-state index contributed by atoms with van der Waals surface area (Å²) >= 11 is 0. The summed E-state index contributed by atoms with van der Waals surface area (Å²) in [5.41, 5.74) is 0.645. The number of nitrogens with one attached hydrogen (secondary N) is 1. The second kappa shape index (κ2) is 4.89. The van der Waals surface area contributed by atoms with E-state index in [2.05, 4.69) is 34.3 Å². The molecule has 0 radical (unpaired) electrons. The van der Waals surface area contributed by atoms with Crippen LogP contribution in [-0.4, -0.2) is 38.8 Å². The number of rotatable bonds is 5. The number of fused-ring (bicyclic) bond motifs is 1. The van der Waals surface area contributed by atoms with Crippen LogP contribution in [0.1, 0.15) is 13.8 Å². The minimum atomic E-state index is 0.459. The van der Waals surface area contributed by atoms with Crippen LogP contribution in [0, 0.1) is 0 Å². The smallest absolute Gasteiger partial charge is 0.260 e. The predicted molar refractivity (Wildman–Crippen MR) is 59.4 cm³/mol. The Balaban J connectivity index is 1.96. The van der Waals surface area contributed by atoms with Gasteiger partial charge in [-0.25, -0.2) is 4.98 Å². The van der Waals surface area contributed by atoms with Gasteiger partial charge in [-0.3, -0.25) is 4.40 Å². The van der Waals surface area contributed by atoms with Crippen molar-refractivity contribution in [2.24, 2.45) is 0 Å². The van der Waals surface area contributed by atoms with Crippen LogP contribution in [0.3, 0.4) is 0 Å². The lowest BCUT2D eigenvalue weighted by Gasteiger charge is -2.09. The van der Waals surface area contributed by atoms with E-state index in [1.807, 2.05) is 0 Å². The Labute approximate surface area is 93.7 Å². The molecule has 0 saturated carbocycles. The molecule has 0 aliphatic heterocycles. The van der Waals surface area contributed by atoms with Gasteiger partial charge in [0.1, 0.15) is 12.9 Å². The first-order chi connectivity index (χ1) is 7.77. The number of aromatic nitrogens is 4. The first-order valence-electron chi connectivity index (χ1n) is 5.28. The largest absolute Gasteiger partial charge is 0.474 e. The molecule has 16 heavy (non-hydrogen) atoms. The molecule has 0 spiro atoms. The van der Waals surface area contributed by atoms with E-state index in [1.54, 1.807) is 23.1 Å². The maximum Gasteiger partial charge on any atom is 0.260 e. The molecule has 6 heteroatoms. The zero-order chi connectivity index (χ0) is 11.4. The molecule has 0 aromatic carbocycles. The Bertz CT molecular complexity index is 453. The van der Waals surface area contributed by atoms with E-state index in [9.17, 15) is 0 Å². The van der Waals surface area contributed by atoms with Crippen LogP contribution in [0.15, 0.2) is 18.7 Å². The zero-order valence-corrected chi connectivity index (χ0v) is 9.42. The van der Waals surface area contributed by atoms with E-state index < -0.39 is 0 Å². The van der Waals surface area contributed by atoms with Crippen LogP contribution in [0.2, 0.25) is 0 Å². The minimum absolute atomic E-state index is 0.459. The van der Waals surface area contributed by atoms with E-state index in [0.29, 0.717) is 24.2 Å². The van der Waals surface area contributed by atoms with Crippen LogP contribution in [0.4, 0.5) is 0 Å². The van der Waals surface area contributed by atoms with E-state index >= 15 is 0 Å². The highest BCUT2D eigenvalue weighted by molar-refractivity contribution is 5.47. The summed E-state index contributed by atoms with van der Waals surface area (Å²) in [7, 11) is 0. The van der Waals surface area contributed by atoms with Crippen molar-refractivity contribution in [3.63, 3.8) is 0 Å². The third-order valence-electron chi connectivity index (χ3n) is 2.08. The number of hydrogen-bond donors (Lipinski definition) is 1. The van der Waals surface area contributed by atoms with Gasteiger partial charge in [0, 0.05) is 25.0 Å². The fourth-order valence-corrected chi connectivity index (χ4v) is 1.33. The Morgan fingerprint density at radius 2 is 2.38 bits per heavy atom. The molecule has 0 bridgehead atoms. The molecule has 2 aromatic rings. The summed E-state index contributed by atoms with van der Waals surface area (Å²) in [4.78, 5) is 4.12. The number of hydrogen-bond acceptors (Lipinski definition) is 5. The summed E-state index contributed by atoms with van der Waals surface area (Å²) in [5, 5.41) is 11.0. The Morgan fingerprint density at radius 3 is 3.19 bits per heavy atom. The van der Waals surface area contributed by atoms with Gasteiger partial charge in [-0.2, -0.15) is 0 Å². The first-order valence-corrected chi connectivity index (χ1v) is 5.28. The van der Waals surface area contributed by atoms with Gasteiger partial charge in [0.2, 0.25) is 5.65 Å². The topological polar surface area (TPSA) is 64.3 Å². The van der Waals surface area contributed by atoms with Gasteiger partial charge in [0.15, 0.2) is 0 Å². The van der Waals surface area contributed by atoms with Crippen LogP contribution in [-0.2, 0) is 0 Å². The normalized spacial score (nSPS) is 11.2. The van der Waals surface area contributed by atoms with Crippen molar-refractivity contribution >= 4 is 5.65 Å². The summed E-state index contributed by atoms with van der Waals surface area (Å²) in [5.74, 6) is 0.519. The minimum Gasteiger partial charge on any atom is -0.474 e. The molecule has 0 aliphatic carbocycles. The molecule has 2 heterocycles. The maximum atomic E-state index is 5.53. The van der Waals surface area contributed by atoms with Gasteiger partial charge in [0.05, 0.1) is 0 Å². The fourth-order valence-electron chi connectivity index (χ4n) is 1.33. The Kier molecular flexibility index (Phi) is 3.31. The quantitative estimate of drug-likeness (QED) is 0.745. The molecule has 0 unspecified atom stereocenters. The molecule has 2 aromatic heterocycles. The number of ether oxygens (including phenoxy) is 1. The average Bonchev–Trinajstić information content (AvgIpc) is 2.72. The van der Waals surface area contributed by atoms with Crippen molar-refractivity contribution in [2.75, 3.05) is 13.2 Å². The van der Waals surface area contributed by atoms with Crippen LogP contribution in [0.5, 0.6) is 5.88 Å². The molecule has 0 saturated heterocycles. The highest BCUT2D eigenvalue weighted by Gasteiger charge is 2.05. The Morgan fingerprint density at radius 1 is 1.50 bits per heavy atom. The number of nitrogens with zero attached hydrogens (tertiary/aromatic N) is 4. The van der Waals surface area contributed by atoms with Crippen molar-refractivity contribution in [2.45, 2.75) is 19.9 Å². The third-order valence-corrected chi connectivity index (χ3v) is 2.08. The second-order valence-electron chi connectivity index (χ2n) is 3.75. The lowest BCUT2D eigenvalue weighted by atomic mass is 10.4. The summed E-state index contributed by atoms with van der Waals surface area (Å²) in [6, 6.07) is 0.459. The SMILES string of the molecule is CC(C)NCCOc1nccn2cnnc12. The predicted octanol–water partition coefficient (Wildman–Crippen LogP) is 0.501. The molecule has 86 valence electrons. The van der Waals surface area contributed by atoms with Gasteiger partial charge >= 0.3 is 0 Å². The van der Waals surface area contributed by atoms with Crippen molar-refractivity contribution in [3.8, 4) is 5.88 Å². The molecule has 0 aliphatic rings. The molecule has 0 amide bonds. The van der Waals surface area contributed by atoms with Crippen molar-refractivity contribution in [3.05, 3.63) is 18.7 Å². The van der Waals surface area contributed by atoms with Crippen molar-refractivity contribution < 1.29 is 4.74 Å². The van der Waals surface area contributed by atoms with Gasteiger partial charge < -0.3 is 10.1 Å². The van der Waals surface area contributed by atoms with Crippen LogP contribution in [0.25, 0.3) is 5.65 Å². The molecular formula is C10H15N5O. The van der Waals surface area contributed by atoms with E-state index in [4.69, 9.17) is 4.74 Å². The van der Waals surface area contributed by atoms with Crippen LogP contribution < -0.4 is 10.1 Å². The van der Waals surface area contributed by atoms with Gasteiger partial charge in [0.25, 0.3) is 5.88 Å². The van der Waals surface area contributed by atoms with Crippen molar-refractivity contribution in [1.82, 2.24) is 24.9 Å². The Hall–Kier alpha value is -1.69. The monoisotopic (exact) mass is 221 g/mol. The van der Waals surface area contributed by atoms with Gasteiger partial charge in [-0.1, -0.05) is 13.8 Å².